The molecular formula is C22H36BrClN2. The summed E-state index contributed by atoms with van der Waals surface area (Å²) in [7, 11) is 0. The van der Waals surface area contributed by atoms with Crippen LogP contribution < -0.4 is 38.5 Å². The lowest BCUT2D eigenvalue weighted by atomic mass is 10.2. The molecular weight excluding hydrogens is 408 g/mol. The van der Waals surface area contributed by atoms with Crippen molar-refractivity contribution >= 4 is 0 Å². The summed E-state index contributed by atoms with van der Waals surface area (Å²) in [6, 6.07) is 12.4. The SMILES string of the molecule is CCCCCC[n+]1ccccc1.CCCCCC[n+]1ccccc1.[Br-].[Cl-]. The average molecular weight is 444 g/mol. The summed E-state index contributed by atoms with van der Waals surface area (Å²) >= 11 is 0. The molecule has 0 aliphatic carbocycles. The molecule has 0 aliphatic rings. The van der Waals surface area contributed by atoms with Crippen molar-refractivity contribution in [3.63, 3.8) is 0 Å². The predicted molar refractivity (Wildman–Crippen MR) is 102 cm³/mol. The van der Waals surface area contributed by atoms with Gasteiger partial charge < -0.3 is 29.4 Å². The smallest absolute Gasteiger partial charge is 0.168 e. The van der Waals surface area contributed by atoms with Crippen molar-refractivity contribution in [1.29, 1.82) is 0 Å². The molecule has 2 aromatic heterocycles. The van der Waals surface area contributed by atoms with Crippen LogP contribution in [0.3, 0.4) is 0 Å². The molecule has 2 heterocycles. The second-order valence-corrected chi connectivity index (χ2v) is 6.35. The summed E-state index contributed by atoms with van der Waals surface area (Å²) in [5.74, 6) is 0. The number of pyridine rings is 2. The highest BCUT2D eigenvalue weighted by Crippen LogP contribution is 1.98. The number of aryl methyl sites for hydroxylation is 2. The van der Waals surface area contributed by atoms with E-state index in [1.165, 1.54) is 64.5 Å². The van der Waals surface area contributed by atoms with E-state index in [9.17, 15) is 0 Å². The van der Waals surface area contributed by atoms with E-state index in [4.69, 9.17) is 0 Å². The van der Waals surface area contributed by atoms with Crippen molar-refractivity contribution in [3.8, 4) is 0 Å². The van der Waals surface area contributed by atoms with Crippen LogP contribution in [0.2, 0.25) is 0 Å². The van der Waals surface area contributed by atoms with Crippen molar-refractivity contribution in [2.45, 2.75) is 78.3 Å². The fourth-order valence-corrected chi connectivity index (χ4v) is 2.61. The summed E-state index contributed by atoms with van der Waals surface area (Å²) < 4.78 is 4.49. The lowest BCUT2D eigenvalue weighted by molar-refractivity contribution is -0.697. The molecule has 0 bridgehead atoms. The third-order valence-corrected chi connectivity index (χ3v) is 4.09. The Morgan fingerprint density at radius 1 is 0.500 bits per heavy atom. The predicted octanol–water partition coefficient (Wildman–Crippen LogP) is -0.883. The van der Waals surface area contributed by atoms with E-state index in [0.717, 1.165) is 0 Å². The van der Waals surface area contributed by atoms with Gasteiger partial charge in [0.2, 0.25) is 0 Å². The molecule has 0 aromatic carbocycles. The fourth-order valence-electron chi connectivity index (χ4n) is 2.61. The van der Waals surface area contributed by atoms with Crippen LogP contribution in [-0.4, -0.2) is 0 Å². The minimum absolute atomic E-state index is 0. The topological polar surface area (TPSA) is 7.76 Å². The molecule has 26 heavy (non-hydrogen) atoms. The van der Waals surface area contributed by atoms with Crippen LogP contribution in [0.4, 0.5) is 0 Å². The molecule has 0 amide bonds. The van der Waals surface area contributed by atoms with Gasteiger partial charge in [0.05, 0.1) is 0 Å². The standard InChI is InChI=1S/2C11H18N.BrH.ClH/c2*1-2-3-4-6-9-12-10-7-5-8-11-12;;/h2*5,7-8,10-11H,2-4,6,9H2,1H3;2*1H/q2*+1;;/p-2. The summed E-state index contributed by atoms with van der Waals surface area (Å²) in [4.78, 5) is 0. The first kappa shape index (κ1) is 27.3. The largest absolute Gasteiger partial charge is 1.00 e. The normalized spacial score (nSPS) is 9.31. The number of aromatic nitrogens is 2. The zero-order valence-corrected chi connectivity index (χ0v) is 18.8. The lowest BCUT2D eigenvalue weighted by Gasteiger charge is -1.95. The van der Waals surface area contributed by atoms with Crippen molar-refractivity contribution < 1.29 is 38.5 Å². The van der Waals surface area contributed by atoms with Crippen LogP contribution in [0.1, 0.15) is 65.2 Å². The zero-order valence-electron chi connectivity index (χ0n) is 16.5. The number of hydrogen-bond donors (Lipinski definition) is 0. The maximum atomic E-state index is 2.25. The highest BCUT2D eigenvalue weighted by molar-refractivity contribution is 4.84. The monoisotopic (exact) mass is 442 g/mol. The Kier molecular flexibility index (Phi) is 21.4. The van der Waals surface area contributed by atoms with Crippen LogP contribution in [0, 0.1) is 0 Å². The molecule has 2 aromatic rings. The molecule has 0 atom stereocenters. The Hall–Kier alpha value is -0.930. The second kappa shape index (κ2) is 20.4. The van der Waals surface area contributed by atoms with E-state index >= 15 is 0 Å². The van der Waals surface area contributed by atoms with Crippen LogP contribution in [0.15, 0.2) is 61.2 Å². The molecule has 0 radical (unpaired) electrons. The molecule has 0 fully saturated rings. The highest BCUT2D eigenvalue weighted by Gasteiger charge is 1.96. The first-order valence-corrected chi connectivity index (χ1v) is 9.75. The van der Waals surface area contributed by atoms with Gasteiger partial charge >= 0.3 is 0 Å². The molecule has 0 aliphatic heterocycles. The molecule has 2 nitrogen and oxygen atoms in total. The Morgan fingerprint density at radius 2 is 0.846 bits per heavy atom. The van der Waals surface area contributed by atoms with E-state index in [1.807, 2.05) is 0 Å². The average Bonchev–Trinajstić information content (AvgIpc) is 2.65. The van der Waals surface area contributed by atoms with Gasteiger partial charge in [-0.2, -0.15) is 0 Å². The van der Waals surface area contributed by atoms with Gasteiger partial charge in [0.25, 0.3) is 0 Å². The third kappa shape index (κ3) is 15.3. The Labute approximate surface area is 177 Å². The number of hydrogen-bond acceptors (Lipinski definition) is 0. The first-order valence-electron chi connectivity index (χ1n) is 9.75. The first-order chi connectivity index (χ1) is 11.9. The van der Waals surface area contributed by atoms with Gasteiger partial charge in [0.15, 0.2) is 24.8 Å². The summed E-state index contributed by atoms with van der Waals surface area (Å²) in [5, 5.41) is 0. The van der Waals surface area contributed by atoms with Crippen molar-refractivity contribution in [1.82, 2.24) is 0 Å². The number of unbranched alkanes of at least 4 members (excludes halogenated alkanes) is 6. The minimum Gasteiger partial charge on any atom is -1.00 e. The van der Waals surface area contributed by atoms with Crippen LogP contribution >= 0.6 is 0 Å². The third-order valence-electron chi connectivity index (χ3n) is 4.09. The molecule has 148 valence electrons. The van der Waals surface area contributed by atoms with Gasteiger partial charge in [-0.05, 0) is 12.8 Å². The van der Waals surface area contributed by atoms with Gasteiger partial charge in [-0.3, -0.25) is 0 Å². The molecule has 0 spiro atoms. The zero-order chi connectivity index (χ0) is 17.3. The Bertz CT molecular complexity index is 447. The van der Waals surface area contributed by atoms with E-state index in [0.29, 0.717) is 0 Å². The second-order valence-electron chi connectivity index (χ2n) is 6.35. The summed E-state index contributed by atoms with van der Waals surface area (Å²) in [6.45, 7) is 6.83. The molecule has 2 rings (SSSR count). The fraction of sp³-hybridized carbons (Fsp3) is 0.545. The van der Waals surface area contributed by atoms with Gasteiger partial charge in [-0.15, -0.1) is 0 Å². The van der Waals surface area contributed by atoms with Crippen molar-refractivity contribution in [2.24, 2.45) is 0 Å². The Morgan fingerprint density at radius 3 is 1.15 bits per heavy atom. The van der Waals surface area contributed by atoms with Crippen LogP contribution in [0.5, 0.6) is 0 Å². The van der Waals surface area contributed by atoms with Crippen LogP contribution in [-0.2, 0) is 13.1 Å². The van der Waals surface area contributed by atoms with Crippen molar-refractivity contribution in [3.05, 3.63) is 61.2 Å². The molecule has 0 saturated carbocycles. The van der Waals surface area contributed by atoms with E-state index in [1.54, 1.807) is 0 Å². The highest BCUT2D eigenvalue weighted by atomic mass is 79.9. The van der Waals surface area contributed by atoms with E-state index in [-0.39, 0.29) is 29.4 Å². The van der Waals surface area contributed by atoms with E-state index in [2.05, 4.69) is 84.2 Å². The van der Waals surface area contributed by atoms with Gasteiger partial charge in [0.1, 0.15) is 13.1 Å². The van der Waals surface area contributed by atoms with Crippen molar-refractivity contribution in [2.75, 3.05) is 0 Å². The van der Waals surface area contributed by atoms with Gasteiger partial charge in [0, 0.05) is 37.1 Å². The number of halogens is 2. The molecule has 0 unspecified atom stereocenters. The molecule has 0 N–H and O–H groups in total. The van der Waals surface area contributed by atoms with Crippen LogP contribution in [0.25, 0.3) is 0 Å². The Balaban J connectivity index is 0. The number of nitrogens with zero attached hydrogens (tertiary/aromatic N) is 2. The minimum atomic E-state index is 0. The maximum absolute atomic E-state index is 2.25. The summed E-state index contributed by atoms with van der Waals surface area (Å²) in [5.41, 5.74) is 0. The van der Waals surface area contributed by atoms with Gasteiger partial charge in [-0.1, -0.05) is 51.7 Å². The van der Waals surface area contributed by atoms with E-state index < -0.39 is 0 Å². The molecule has 0 saturated heterocycles. The maximum Gasteiger partial charge on any atom is 0.168 e. The quantitative estimate of drug-likeness (QED) is 0.333. The van der Waals surface area contributed by atoms with Gasteiger partial charge in [-0.25, -0.2) is 9.13 Å². The molecule has 4 heteroatoms. The summed E-state index contributed by atoms with van der Waals surface area (Å²) in [6.07, 6.45) is 19.2. The number of rotatable bonds is 10. The lowest BCUT2D eigenvalue weighted by Crippen LogP contribution is -3.00.